The van der Waals surface area contributed by atoms with Gasteiger partial charge in [0.05, 0.1) is 5.88 Å². The maximum absolute atomic E-state index is 11.7. The summed E-state index contributed by atoms with van der Waals surface area (Å²) in [4.78, 5) is 16.4. The summed E-state index contributed by atoms with van der Waals surface area (Å²) in [5, 5.41) is 7.99. The molecule has 10 heteroatoms. The van der Waals surface area contributed by atoms with E-state index in [9.17, 15) is 4.79 Å². The van der Waals surface area contributed by atoms with Crippen molar-refractivity contribution in [3.63, 3.8) is 0 Å². The molecule has 140 valence electrons. The van der Waals surface area contributed by atoms with Crippen LogP contribution in [-0.2, 0) is 21.2 Å². The van der Waals surface area contributed by atoms with Gasteiger partial charge >= 0.3 is 6.09 Å². The van der Waals surface area contributed by atoms with Crippen molar-refractivity contribution in [1.29, 1.82) is 0 Å². The first-order valence-electron chi connectivity index (χ1n) is 7.52. The fraction of sp³-hybridized carbons (Fsp3) is 0.467. The molecule has 0 spiro atoms. The Hall–Kier alpha value is -0.570. The lowest BCUT2D eigenvalue weighted by Gasteiger charge is -2.35. The van der Waals surface area contributed by atoms with Crippen LogP contribution in [0.3, 0.4) is 0 Å². The predicted molar refractivity (Wildman–Crippen MR) is 113 cm³/mol. The van der Waals surface area contributed by atoms with Gasteiger partial charge in [0.2, 0.25) is 0 Å². The highest BCUT2D eigenvalue weighted by atomic mass is 32.5. The summed E-state index contributed by atoms with van der Waals surface area (Å²) in [5.74, 6) is 0.305. The monoisotopic (exact) mass is 421 g/mol. The Morgan fingerprint density at radius 2 is 2.04 bits per heavy atom. The summed E-state index contributed by atoms with van der Waals surface area (Å²) in [6, 6.07) is 9.91. The number of benzene rings is 1. The van der Waals surface area contributed by atoms with Gasteiger partial charge in [-0.1, -0.05) is 47.4 Å². The van der Waals surface area contributed by atoms with Crippen molar-refractivity contribution in [2.24, 2.45) is 5.16 Å². The molecule has 0 aliphatic rings. The number of carbonyl (C=O) groups excluding carboxylic acids is 1. The van der Waals surface area contributed by atoms with Gasteiger partial charge in [-0.15, -0.1) is 11.8 Å². The van der Waals surface area contributed by atoms with Crippen molar-refractivity contribution in [2.45, 2.75) is 26.8 Å². The Morgan fingerprint density at radius 3 is 2.56 bits per heavy atom. The van der Waals surface area contributed by atoms with Crippen LogP contribution in [0.1, 0.15) is 20.8 Å². The van der Waals surface area contributed by atoms with E-state index in [2.05, 4.69) is 10.5 Å². The Morgan fingerprint density at radius 1 is 1.40 bits per heavy atom. The van der Waals surface area contributed by atoms with Crippen molar-refractivity contribution in [2.75, 3.05) is 19.2 Å². The Labute approximate surface area is 163 Å². The summed E-state index contributed by atoms with van der Waals surface area (Å²) >= 11 is 8.69. The summed E-state index contributed by atoms with van der Waals surface area (Å²) in [7, 11) is 1.63. The van der Waals surface area contributed by atoms with Gasteiger partial charge in [-0.3, -0.25) is 4.84 Å². The average Bonchev–Trinajstić information content (AvgIpc) is 2.63. The highest BCUT2D eigenvalue weighted by molar-refractivity contribution is 8.20. The summed E-state index contributed by atoms with van der Waals surface area (Å²) in [6.07, 6.45) is -1.15. The smallest absolute Gasteiger partial charge is 0.337 e. The molecule has 1 atom stereocenters. The zero-order valence-electron chi connectivity index (χ0n) is 15.0. The van der Waals surface area contributed by atoms with Crippen molar-refractivity contribution in [3.8, 4) is 0 Å². The van der Waals surface area contributed by atoms with E-state index in [4.69, 9.17) is 21.2 Å². The van der Waals surface area contributed by atoms with Crippen molar-refractivity contribution >= 4 is 58.4 Å². The first-order valence-corrected chi connectivity index (χ1v) is 12.4. The Balaban J connectivity index is 2.74. The number of amides is 1. The summed E-state index contributed by atoms with van der Waals surface area (Å²) in [5.41, 5.74) is 0. The van der Waals surface area contributed by atoms with E-state index in [1.54, 1.807) is 14.0 Å². The lowest BCUT2D eigenvalue weighted by Crippen LogP contribution is -2.31. The highest BCUT2D eigenvalue weighted by Gasteiger charge is 2.31. The van der Waals surface area contributed by atoms with Gasteiger partial charge in [0.1, 0.15) is 5.04 Å². The molecule has 0 fully saturated rings. The lowest BCUT2D eigenvalue weighted by molar-refractivity contribution is 0.153. The van der Waals surface area contributed by atoms with E-state index < -0.39 is 12.5 Å². The molecule has 0 aliphatic heterocycles. The predicted octanol–water partition coefficient (Wildman–Crippen LogP) is 4.01. The molecule has 1 aromatic carbocycles. The molecule has 0 aromatic heterocycles. The maximum Gasteiger partial charge on any atom is 0.434 e. The molecule has 0 bridgehead atoms. The number of hydrogen-bond donors (Lipinski definition) is 1. The van der Waals surface area contributed by atoms with Crippen LogP contribution >= 0.6 is 30.1 Å². The van der Waals surface area contributed by atoms with E-state index in [-0.39, 0.29) is 6.04 Å². The number of hydrogen-bond acceptors (Lipinski definition) is 7. The molecule has 1 unspecified atom stereocenters. The minimum Gasteiger partial charge on any atom is -0.337 e. The molecule has 25 heavy (non-hydrogen) atoms. The third-order valence-corrected chi connectivity index (χ3v) is 10.0. The van der Waals surface area contributed by atoms with Crippen LogP contribution in [-0.4, -0.2) is 40.5 Å². The van der Waals surface area contributed by atoms with Crippen LogP contribution in [0.15, 0.2) is 35.5 Å². The molecule has 0 heterocycles. The molecular weight excluding hydrogens is 397 g/mol. The Bertz CT molecular complexity index is 629. The number of nitrogens with zero attached hydrogens (tertiary/aromatic N) is 2. The quantitative estimate of drug-likeness (QED) is 0.129. The molecule has 6 nitrogen and oxygen atoms in total. The van der Waals surface area contributed by atoms with E-state index in [0.29, 0.717) is 10.9 Å². The number of thioether (sulfide) groups is 1. The van der Waals surface area contributed by atoms with Gasteiger partial charge in [-0.25, -0.2) is 4.79 Å². The fourth-order valence-corrected chi connectivity index (χ4v) is 6.88. The summed E-state index contributed by atoms with van der Waals surface area (Å²) < 4.78 is 7.80. The van der Waals surface area contributed by atoms with E-state index in [0.717, 1.165) is 5.30 Å². The molecule has 0 radical (unpaired) electrons. The minimum absolute atomic E-state index is 0.130. The topological polar surface area (TPSA) is 63.2 Å². The normalized spacial score (nSPS) is 14.4. The van der Waals surface area contributed by atoms with E-state index in [1.165, 1.54) is 23.7 Å². The number of carbonyl (C=O) groups is 1. The molecule has 0 saturated carbocycles. The summed E-state index contributed by atoms with van der Waals surface area (Å²) in [6.45, 7) is 5.85. The zero-order chi connectivity index (χ0) is 18.9. The number of oxime groups is 1. The van der Waals surface area contributed by atoms with Gasteiger partial charge in [-0.05, 0) is 38.8 Å². The standard InChI is InChI=1S/C15H24N3O3PS3/c1-12(2)18(22(23,20-4)14-9-7-6-8-10-14)25-11-16-15(19)21-17-13(3)24-5/h6-10,12H,11H2,1-5H3,(H,16,19). The van der Waals surface area contributed by atoms with Crippen LogP contribution in [0.2, 0.25) is 0 Å². The van der Waals surface area contributed by atoms with Gasteiger partial charge in [0.25, 0.3) is 0 Å². The van der Waals surface area contributed by atoms with Gasteiger partial charge < -0.3 is 9.84 Å². The minimum atomic E-state index is -2.41. The van der Waals surface area contributed by atoms with Gasteiger partial charge in [-0.2, -0.15) is 4.08 Å². The second-order valence-electron chi connectivity index (χ2n) is 5.08. The lowest BCUT2D eigenvalue weighted by atomic mass is 10.4. The molecule has 1 aromatic rings. The highest BCUT2D eigenvalue weighted by Crippen LogP contribution is 2.54. The van der Waals surface area contributed by atoms with Crippen LogP contribution in [0.4, 0.5) is 4.79 Å². The van der Waals surface area contributed by atoms with Crippen LogP contribution in [0.25, 0.3) is 0 Å². The molecule has 1 amide bonds. The van der Waals surface area contributed by atoms with Crippen LogP contribution in [0.5, 0.6) is 0 Å². The van der Waals surface area contributed by atoms with Crippen LogP contribution < -0.4 is 10.6 Å². The van der Waals surface area contributed by atoms with Gasteiger partial charge in [0, 0.05) is 18.5 Å². The number of rotatable bonds is 8. The number of nitrogens with one attached hydrogen (secondary N) is 1. The third-order valence-electron chi connectivity index (χ3n) is 3.00. The second-order valence-corrected chi connectivity index (χ2v) is 11.1. The molecule has 1 N–H and O–H groups in total. The Kier molecular flexibility index (Phi) is 10.1. The van der Waals surface area contributed by atoms with E-state index in [1.807, 2.05) is 54.5 Å². The maximum atomic E-state index is 11.7. The molecule has 0 aliphatic carbocycles. The largest absolute Gasteiger partial charge is 0.434 e. The zero-order valence-corrected chi connectivity index (χ0v) is 18.3. The SMILES string of the molecule is COP(=S)(c1ccccc1)N(SCNC(=O)ON=C(C)SC)C(C)C. The van der Waals surface area contributed by atoms with Crippen molar-refractivity contribution in [1.82, 2.24) is 9.39 Å². The fourth-order valence-electron chi connectivity index (χ4n) is 1.78. The van der Waals surface area contributed by atoms with Crippen LogP contribution in [0, 0.1) is 0 Å². The first-order chi connectivity index (χ1) is 11.8. The van der Waals surface area contributed by atoms with Crippen molar-refractivity contribution < 1.29 is 14.2 Å². The average molecular weight is 422 g/mol. The molecule has 0 saturated heterocycles. The van der Waals surface area contributed by atoms with Crippen molar-refractivity contribution in [3.05, 3.63) is 30.3 Å². The van der Waals surface area contributed by atoms with Gasteiger partial charge in [0.15, 0.2) is 6.42 Å². The van der Waals surface area contributed by atoms with E-state index >= 15 is 0 Å². The molecular formula is C15H24N3O3PS3. The first kappa shape index (κ1) is 22.5. The molecule has 1 rings (SSSR count). The third kappa shape index (κ3) is 6.92. The second kappa shape index (κ2) is 11.2.